The van der Waals surface area contributed by atoms with Crippen LogP contribution in [0.5, 0.6) is 0 Å². The molecule has 16 heavy (non-hydrogen) atoms. The van der Waals surface area contributed by atoms with Gasteiger partial charge >= 0.3 is 5.97 Å². The average molecular weight is 246 g/mol. The van der Waals surface area contributed by atoms with Gasteiger partial charge in [0.15, 0.2) is 0 Å². The van der Waals surface area contributed by atoms with Gasteiger partial charge in [-0.1, -0.05) is 0 Å². The van der Waals surface area contributed by atoms with Gasteiger partial charge in [-0.15, -0.1) is 0 Å². The largest absolute Gasteiger partial charge is 0.480 e. The van der Waals surface area contributed by atoms with Crippen LogP contribution in [0.1, 0.15) is 13.8 Å². The molecule has 0 atom stereocenters. The summed E-state index contributed by atoms with van der Waals surface area (Å²) in [5.41, 5.74) is 0. The van der Waals surface area contributed by atoms with Crippen LogP contribution < -0.4 is 5.32 Å². The van der Waals surface area contributed by atoms with E-state index in [1.54, 1.807) is 0 Å². The van der Waals surface area contributed by atoms with Gasteiger partial charge < -0.3 is 10.4 Å². The molecule has 1 rings (SSSR count). The van der Waals surface area contributed by atoms with Gasteiger partial charge in [-0.05, 0) is 13.8 Å². The van der Waals surface area contributed by atoms with Crippen molar-refractivity contribution in [3.63, 3.8) is 0 Å². The van der Waals surface area contributed by atoms with E-state index in [-0.39, 0.29) is 23.7 Å². The van der Waals surface area contributed by atoms with E-state index in [4.69, 9.17) is 5.11 Å². The molecule has 0 saturated carbocycles. The van der Waals surface area contributed by atoms with Crippen molar-refractivity contribution in [1.82, 2.24) is 10.2 Å². The zero-order valence-corrected chi connectivity index (χ0v) is 10.5. The van der Waals surface area contributed by atoms with Crippen LogP contribution in [0.25, 0.3) is 0 Å². The summed E-state index contributed by atoms with van der Waals surface area (Å²) in [5, 5.41) is 10.8. The maximum absolute atomic E-state index is 11.4. The molecule has 6 heteroatoms. The van der Waals surface area contributed by atoms with Crippen LogP contribution in [0.4, 0.5) is 0 Å². The second-order valence-electron chi connectivity index (χ2n) is 4.49. The summed E-state index contributed by atoms with van der Waals surface area (Å²) in [5.74, 6) is -0.216. The minimum absolute atomic E-state index is 0.172. The number of nitrogens with zero attached hydrogens (tertiary/aromatic N) is 1. The van der Waals surface area contributed by atoms with Crippen LogP contribution in [0, 0.1) is 0 Å². The van der Waals surface area contributed by atoms with Crippen molar-refractivity contribution in [1.29, 1.82) is 0 Å². The standard InChI is InChI=1S/C10H18N2O3S/c1-10(2)7-12(3-4-16-10)6-8(13)11-5-9(14)15/h3-7H2,1-2H3,(H,11,13)(H,14,15). The molecular weight excluding hydrogens is 228 g/mol. The highest BCUT2D eigenvalue weighted by molar-refractivity contribution is 8.00. The number of carbonyl (C=O) groups excluding carboxylic acids is 1. The molecular formula is C10H18N2O3S. The van der Waals surface area contributed by atoms with E-state index in [1.165, 1.54) is 0 Å². The van der Waals surface area contributed by atoms with Crippen molar-refractivity contribution < 1.29 is 14.7 Å². The van der Waals surface area contributed by atoms with Crippen LogP contribution in [-0.2, 0) is 9.59 Å². The molecule has 0 bridgehead atoms. The molecule has 1 heterocycles. The second-order valence-corrected chi connectivity index (χ2v) is 6.29. The molecule has 0 aliphatic carbocycles. The first-order chi connectivity index (χ1) is 7.39. The normalized spacial score (nSPS) is 20.4. The van der Waals surface area contributed by atoms with E-state index in [2.05, 4.69) is 24.1 Å². The van der Waals surface area contributed by atoms with E-state index in [9.17, 15) is 9.59 Å². The molecule has 5 nitrogen and oxygen atoms in total. The number of amides is 1. The Labute approximate surface area is 99.6 Å². The lowest BCUT2D eigenvalue weighted by Crippen LogP contribution is -2.47. The molecule has 1 saturated heterocycles. The van der Waals surface area contributed by atoms with Crippen LogP contribution in [0.2, 0.25) is 0 Å². The number of carbonyl (C=O) groups is 2. The first-order valence-corrected chi connectivity index (χ1v) is 6.22. The Morgan fingerprint density at radius 1 is 1.50 bits per heavy atom. The molecule has 1 aliphatic rings. The Morgan fingerprint density at radius 2 is 2.19 bits per heavy atom. The van der Waals surface area contributed by atoms with Gasteiger partial charge in [0.05, 0.1) is 6.54 Å². The summed E-state index contributed by atoms with van der Waals surface area (Å²) in [6.07, 6.45) is 0. The van der Waals surface area contributed by atoms with Crippen LogP contribution in [-0.4, -0.2) is 58.6 Å². The van der Waals surface area contributed by atoms with Gasteiger partial charge in [-0.3, -0.25) is 14.5 Å². The number of thioether (sulfide) groups is 1. The molecule has 0 radical (unpaired) electrons. The summed E-state index contributed by atoms with van der Waals surface area (Å²) in [7, 11) is 0. The number of hydrogen-bond acceptors (Lipinski definition) is 4. The fourth-order valence-electron chi connectivity index (χ4n) is 1.68. The minimum Gasteiger partial charge on any atom is -0.480 e. The zero-order valence-electron chi connectivity index (χ0n) is 9.65. The fraction of sp³-hybridized carbons (Fsp3) is 0.800. The van der Waals surface area contributed by atoms with E-state index in [0.29, 0.717) is 0 Å². The maximum atomic E-state index is 11.4. The number of aliphatic carboxylic acids is 1. The van der Waals surface area contributed by atoms with Crippen molar-refractivity contribution in [2.45, 2.75) is 18.6 Å². The Morgan fingerprint density at radius 3 is 2.75 bits per heavy atom. The lowest BCUT2D eigenvalue weighted by atomic mass is 10.2. The molecule has 1 amide bonds. The summed E-state index contributed by atoms with van der Waals surface area (Å²) < 4.78 is 0.172. The quantitative estimate of drug-likeness (QED) is 0.731. The second kappa shape index (κ2) is 5.54. The summed E-state index contributed by atoms with van der Waals surface area (Å²) in [6, 6.07) is 0. The molecule has 0 aromatic carbocycles. The molecule has 0 unspecified atom stereocenters. The molecule has 0 aromatic rings. The molecule has 0 spiro atoms. The summed E-state index contributed by atoms with van der Waals surface area (Å²) in [4.78, 5) is 23.7. The highest BCUT2D eigenvalue weighted by Gasteiger charge is 2.27. The number of rotatable bonds is 4. The third-order valence-electron chi connectivity index (χ3n) is 2.31. The Kier molecular flexibility index (Phi) is 4.61. The van der Waals surface area contributed by atoms with Gasteiger partial charge in [0, 0.05) is 23.6 Å². The first-order valence-electron chi connectivity index (χ1n) is 5.24. The van der Waals surface area contributed by atoms with E-state index < -0.39 is 5.97 Å². The SMILES string of the molecule is CC1(C)CN(CC(=O)NCC(=O)O)CCS1. The van der Waals surface area contributed by atoms with E-state index >= 15 is 0 Å². The molecule has 1 fully saturated rings. The lowest BCUT2D eigenvalue weighted by molar-refractivity contribution is -0.138. The summed E-state index contributed by atoms with van der Waals surface area (Å²) >= 11 is 1.90. The van der Waals surface area contributed by atoms with Crippen LogP contribution >= 0.6 is 11.8 Å². The molecule has 2 N–H and O–H groups in total. The van der Waals surface area contributed by atoms with Crippen molar-refractivity contribution in [3.8, 4) is 0 Å². The molecule has 92 valence electrons. The monoisotopic (exact) mass is 246 g/mol. The Bertz CT molecular complexity index is 281. The van der Waals surface area contributed by atoms with Gasteiger partial charge in [-0.2, -0.15) is 11.8 Å². The van der Waals surface area contributed by atoms with Crippen molar-refractivity contribution in [2.24, 2.45) is 0 Å². The number of carboxylic acid groups (broad SMARTS) is 1. The first kappa shape index (κ1) is 13.3. The van der Waals surface area contributed by atoms with Crippen LogP contribution in [0.3, 0.4) is 0 Å². The highest BCUT2D eigenvalue weighted by Crippen LogP contribution is 2.29. The Balaban J connectivity index is 2.31. The topological polar surface area (TPSA) is 69.6 Å². The predicted octanol–water partition coefficient (Wildman–Crippen LogP) is 0.0146. The zero-order chi connectivity index (χ0) is 12.2. The van der Waals surface area contributed by atoms with E-state index in [1.807, 2.05) is 11.8 Å². The van der Waals surface area contributed by atoms with E-state index in [0.717, 1.165) is 18.8 Å². The number of carboxylic acids is 1. The van der Waals surface area contributed by atoms with Gasteiger partial charge in [-0.25, -0.2) is 0 Å². The average Bonchev–Trinajstić information content (AvgIpc) is 2.13. The summed E-state index contributed by atoms with van der Waals surface area (Å²) in [6.45, 7) is 6.03. The minimum atomic E-state index is -1.01. The molecule has 1 aliphatic heterocycles. The third-order valence-corrected chi connectivity index (χ3v) is 3.61. The number of nitrogens with one attached hydrogen (secondary N) is 1. The van der Waals surface area contributed by atoms with Gasteiger partial charge in [0.1, 0.15) is 6.54 Å². The highest BCUT2D eigenvalue weighted by atomic mass is 32.2. The smallest absolute Gasteiger partial charge is 0.322 e. The third kappa shape index (κ3) is 4.85. The maximum Gasteiger partial charge on any atom is 0.322 e. The molecule has 0 aromatic heterocycles. The fourth-order valence-corrected chi connectivity index (χ4v) is 2.86. The van der Waals surface area contributed by atoms with Gasteiger partial charge in [0.2, 0.25) is 5.91 Å². The Hall–Kier alpha value is -0.750. The number of hydrogen-bond donors (Lipinski definition) is 2. The van der Waals surface area contributed by atoms with Gasteiger partial charge in [0.25, 0.3) is 0 Å². The van der Waals surface area contributed by atoms with Crippen molar-refractivity contribution in [3.05, 3.63) is 0 Å². The van der Waals surface area contributed by atoms with Crippen molar-refractivity contribution in [2.75, 3.05) is 31.9 Å². The van der Waals surface area contributed by atoms with Crippen molar-refractivity contribution >= 4 is 23.6 Å². The van der Waals surface area contributed by atoms with Crippen LogP contribution in [0.15, 0.2) is 0 Å². The lowest BCUT2D eigenvalue weighted by Gasteiger charge is -2.37. The predicted molar refractivity (Wildman–Crippen MR) is 63.6 cm³/mol.